The summed E-state index contributed by atoms with van der Waals surface area (Å²) in [5.41, 5.74) is 0.214. The maximum atomic E-state index is 12.3. The van der Waals surface area contributed by atoms with Crippen molar-refractivity contribution < 1.29 is 4.74 Å². The van der Waals surface area contributed by atoms with E-state index in [4.69, 9.17) is 4.74 Å². The Labute approximate surface area is 106 Å². The molecule has 17 heavy (non-hydrogen) atoms. The molecule has 4 heteroatoms. The van der Waals surface area contributed by atoms with Crippen molar-refractivity contribution in [1.29, 1.82) is 0 Å². The van der Waals surface area contributed by atoms with E-state index in [0.717, 1.165) is 11.1 Å². The number of methoxy groups -OCH3 is 1. The van der Waals surface area contributed by atoms with Crippen LogP contribution in [0.15, 0.2) is 23.0 Å². The molecule has 0 saturated heterocycles. The molecule has 3 nitrogen and oxygen atoms in total. The Balaban J connectivity index is 2.14. The summed E-state index contributed by atoms with van der Waals surface area (Å²) in [7, 11) is 1.64. The Morgan fingerprint density at radius 3 is 2.82 bits per heavy atom. The average Bonchev–Trinajstić information content (AvgIpc) is 2.97. The molecule has 1 aromatic carbocycles. The standard InChI is InChI=1S/C13H15NO2Se/c1-16-10-6-7-12-11(8-10)13(15)14(17-12)9-4-2-3-5-9/h6-9H,2-5H2,1H3. The Hall–Kier alpha value is -0.991. The van der Waals surface area contributed by atoms with Crippen LogP contribution in [0.3, 0.4) is 0 Å². The van der Waals surface area contributed by atoms with Crippen LogP contribution in [0.5, 0.6) is 5.75 Å². The SMILES string of the molecule is COc1ccc2[se]n(C3CCCC3)c(=O)c2c1. The topological polar surface area (TPSA) is 31.2 Å². The molecule has 0 spiro atoms. The number of hydrogen-bond acceptors (Lipinski definition) is 2. The third-order valence-corrected chi connectivity index (χ3v) is 6.02. The van der Waals surface area contributed by atoms with Gasteiger partial charge in [0.15, 0.2) is 0 Å². The molecule has 0 amide bonds. The fraction of sp³-hybridized carbons (Fsp3) is 0.462. The summed E-state index contributed by atoms with van der Waals surface area (Å²) in [4.78, 5) is 12.3. The van der Waals surface area contributed by atoms with Gasteiger partial charge in [-0.05, 0) is 0 Å². The molecular weight excluding hydrogens is 281 g/mol. The van der Waals surface area contributed by atoms with E-state index in [1.54, 1.807) is 7.11 Å². The number of ether oxygens (including phenoxy) is 1. The van der Waals surface area contributed by atoms with E-state index in [-0.39, 0.29) is 20.3 Å². The van der Waals surface area contributed by atoms with Crippen LogP contribution in [0, 0.1) is 0 Å². The van der Waals surface area contributed by atoms with Gasteiger partial charge in [-0.2, -0.15) is 0 Å². The minimum atomic E-state index is 0.174. The van der Waals surface area contributed by atoms with Crippen molar-refractivity contribution in [3.05, 3.63) is 28.6 Å². The van der Waals surface area contributed by atoms with Gasteiger partial charge in [0.1, 0.15) is 0 Å². The van der Waals surface area contributed by atoms with Crippen LogP contribution >= 0.6 is 0 Å². The Morgan fingerprint density at radius 2 is 2.12 bits per heavy atom. The molecule has 1 aromatic heterocycles. The predicted octanol–water partition coefficient (Wildman–Crippen LogP) is 2.18. The number of aromatic nitrogens is 1. The fourth-order valence-corrected chi connectivity index (χ4v) is 4.89. The molecule has 1 aliphatic rings. The molecule has 0 aliphatic heterocycles. The van der Waals surface area contributed by atoms with E-state index < -0.39 is 0 Å². The Kier molecular flexibility index (Phi) is 2.85. The molecule has 1 aliphatic carbocycles. The molecule has 0 bridgehead atoms. The zero-order valence-electron chi connectivity index (χ0n) is 9.81. The van der Waals surface area contributed by atoms with Crippen molar-refractivity contribution in [2.75, 3.05) is 7.11 Å². The first-order valence-corrected chi connectivity index (χ1v) is 7.61. The van der Waals surface area contributed by atoms with Gasteiger partial charge in [-0.25, -0.2) is 0 Å². The third-order valence-electron chi connectivity index (χ3n) is 3.47. The number of nitrogens with zero attached hydrogens (tertiary/aromatic N) is 1. The van der Waals surface area contributed by atoms with E-state index in [0.29, 0.717) is 6.04 Å². The summed E-state index contributed by atoms with van der Waals surface area (Å²) in [6, 6.07) is 6.36. The maximum absolute atomic E-state index is 12.3. The molecule has 0 radical (unpaired) electrons. The molecule has 3 rings (SSSR count). The van der Waals surface area contributed by atoms with Crippen LogP contribution < -0.4 is 10.3 Å². The first-order chi connectivity index (χ1) is 8.29. The van der Waals surface area contributed by atoms with Crippen LogP contribution in [0.2, 0.25) is 0 Å². The summed E-state index contributed by atoms with van der Waals surface area (Å²) in [6.45, 7) is 0. The van der Waals surface area contributed by atoms with Crippen LogP contribution in [-0.2, 0) is 0 Å². The van der Waals surface area contributed by atoms with Gasteiger partial charge in [-0.3, -0.25) is 0 Å². The minimum absolute atomic E-state index is 0.174. The van der Waals surface area contributed by atoms with Crippen LogP contribution in [-0.4, -0.2) is 25.4 Å². The second-order valence-corrected chi connectivity index (χ2v) is 6.65. The van der Waals surface area contributed by atoms with Gasteiger partial charge in [0.25, 0.3) is 0 Å². The first kappa shape index (κ1) is 11.1. The van der Waals surface area contributed by atoms with E-state index in [1.165, 1.54) is 29.9 Å². The molecule has 1 heterocycles. The monoisotopic (exact) mass is 297 g/mol. The second-order valence-electron chi connectivity index (χ2n) is 4.52. The molecule has 2 aromatic rings. The van der Waals surface area contributed by atoms with Gasteiger partial charge in [0, 0.05) is 0 Å². The summed E-state index contributed by atoms with van der Waals surface area (Å²) >= 11 is 0.174. The molecule has 0 N–H and O–H groups in total. The van der Waals surface area contributed by atoms with E-state index >= 15 is 0 Å². The summed E-state index contributed by atoms with van der Waals surface area (Å²) in [6.07, 6.45) is 4.89. The third kappa shape index (κ3) is 1.85. The zero-order chi connectivity index (χ0) is 11.8. The summed E-state index contributed by atoms with van der Waals surface area (Å²) < 4.78 is 8.49. The molecule has 1 saturated carbocycles. The molecule has 1 fully saturated rings. The number of hydrogen-bond donors (Lipinski definition) is 0. The average molecular weight is 296 g/mol. The van der Waals surface area contributed by atoms with Crippen LogP contribution in [0.4, 0.5) is 0 Å². The fourth-order valence-electron chi connectivity index (χ4n) is 2.53. The van der Waals surface area contributed by atoms with Gasteiger partial charge in [-0.15, -0.1) is 0 Å². The summed E-state index contributed by atoms with van der Waals surface area (Å²) in [5.74, 6) is 0.779. The van der Waals surface area contributed by atoms with Gasteiger partial charge < -0.3 is 0 Å². The van der Waals surface area contributed by atoms with Gasteiger partial charge in [-0.1, -0.05) is 0 Å². The molecule has 0 atom stereocenters. The quantitative estimate of drug-likeness (QED) is 0.795. The van der Waals surface area contributed by atoms with Gasteiger partial charge in [0.05, 0.1) is 0 Å². The van der Waals surface area contributed by atoms with Crippen LogP contribution in [0.25, 0.3) is 9.65 Å². The van der Waals surface area contributed by atoms with Crippen molar-refractivity contribution in [2.45, 2.75) is 31.7 Å². The molecule has 90 valence electrons. The van der Waals surface area contributed by atoms with E-state index in [9.17, 15) is 4.79 Å². The van der Waals surface area contributed by atoms with Crippen molar-refractivity contribution >= 4 is 24.4 Å². The zero-order valence-corrected chi connectivity index (χ0v) is 11.5. The number of benzene rings is 1. The van der Waals surface area contributed by atoms with Crippen molar-refractivity contribution in [2.24, 2.45) is 0 Å². The van der Waals surface area contributed by atoms with Crippen molar-refractivity contribution in [3.8, 4) is 5.75 Å². The van der Waals surface area contributed by atoms with Gasteiger partial charge in [0.2, 0.25) is 0 Å². The van der Waals surface area contributed by atoms with Gasteiger partial charge >= 0.3 is 106 Å². The second kappa shape index (κ2) is 4.35. The number of fused-ring (bicyclic) bond motifs is 1. The summed E-state index contributed by atoms with van der Waals surface area (Å²) in [5, 5.41) is 0.858. The molecule has 0 unspecified atom stereocenters. The molecular formula is C13H15NO2Se. The Bertz CT molecular complexity index is 593. The van der Waals surface area contributed by atoms with Crippen LogP contribution in [0.1, 0.15) is 31.7 Å². The normalized spacial score (nSPS) is 16.8. The van der Waals surface area contributed by atoms with Crippen molar-refractivity contribution in [3.63, 3.8) is 0 Å². The van der Waals surface area contributed by atoms with E-state index in [1.807, 2.05) is 18.2 Å². The van der Waals surface area contributed by atoms with Crippen molar-refractivity contribution in [1.82, 2.24) is 3.56 Å². The number of rotatable bonds is 2. The predicted molar refractivity (Wildman–Crippen MR) is 69.2 cm³/mol. The van der Waals surface area contributed by atoms with E-state index in [2.05, 4.69) is 3.56 Å². The Morgan fingerprint density at radius 1 is 1.35 bits per heavy atom. The first-order valence-electron chi connectivity index (χ1n) is 5.99.